The Bertz CT molecular complexity index is 1200. The van der Waals surface area contributed by atoms with E-state index in [0.717, 1.165) is 69.2 Å². The topological polar surface area (TPSA) is 106 Å². The van der Waals surface area contributed by atoms with Gasteiger partial charge in [0.25, 0.3) is 0 Å². The van der Waals surface area contributed by atoms with Gasteiger partial charge in [-0.3, -0.25) is 0 Å². The Hall–Kier alpha value is -2.09. The number of nitrogens with zero attached hydrogens (tertiary/aromatic N) is 5. The zero-order valence-electron chi connectivity index (χ0n) is 22.5. The quantitative estimate of drug-likeness (QED) is 0.540. The molecule has 8 nitrogen and oxygen atoms in total. The van der Waals surface area contributed by atoms with Crippen molar-refractivity contribution in [2.45, 2.75) is 74.6 Å². The molecule has 0 radical (unpaired) electrons. The van der Waals surface area contributed by atoms with Crippen molar-refractivity contribution in [1.29, 1.82) is 0 Å². The van der Waals surface area contributed by atoms with Crippen LogP contribution in [0.1, 0.15) is 52.1 Å². The molecular weight excluding hydrogens is 518 g/mol. The van der Waals surface area contributed by atoms with E-state index in [1.165, 1.54) is 11.8 Å². The molecule has 0 unspecified atom stereocenters. The van der Waals surface area contributed by atoms with Gasteiger partial charge in [-0.1, -0.05) is 29.3 Å². The summed E-state index contributed by atoms with van der Waals surface area (Å²) < 4.78 is 5.85. The Morgan fingerprint density at radius 2 is 1.92 bits per heavy atom. The summed E-state index contributed by atoms with van der Waals surface area (Å²) in [6.07, 6.45) is 7.75. The Balaban J connectivity index is 1.22. The van der Waals surface area contributed by atoms with Gasteiger partial charge in [0.15, 0.2) is 5.82 Å². The van der Waals surface area contributed by atoms with E-state index in [1.54, 1.807) is 12.4 Å². The Kier molecular flexibility index (Phi) is 8.36. The minimum absolute atomic E-state index is 0.0643. The molecule has 204 valence electrons. The highest BCUT2D eigenvalue weighted by atomic mass is 35.5. The molecular formula is C28H38ClN7OS. The lowest BCUT2D eigenvalue weighted by molar-refractivity contribution is 0.0974. The number of rotatable bonds is 4. The molecule has 2 aromatic heterocycles. The average Bonchev–Trinajstić information content (AvgIpc) is 3.19. The van der Waals surface area contributed by atoms with E-state index in [9.17, 15) is 0 Å². The second-order valence-corrected chi connectivity index (χ2v) is 12.5. The number of ether oxygens (including phenoxy) is 1. The third-order valence-corrected chi connectivity index (χ3v) is 9.96. The number of halogens is 1. The summed E-state index contributed by atoms with van der Waals surface area (Å²) in [5, 5.41) is 1.15. The first-order chi connectivity index (χ1) is 18.3. The Labute approximate surface area is 235 Å². The van der Waals surface area contributed by atoms with E-state index in [4.69, 9.17) is 27.8 Å². The monoisotopic (exact) mass is 555 g/mol. The molecule has 0 saturated carbocycles. The van der Waals surface area contributed by atoms with Gasteiger partial charge in [0.1, 0.15) is 16.5 Å². The number of pyridine rings is 1. The molecule has 0 amide bonds. The molecule has 3 aliphatic heterocycles. The van der Waals surface area contributed by atoms with Crippen LogP contribution in [0.2, 0.25) is 5.02 Å². The van der Waals surface area contributed by atoms with E-state index in [1.807, 2.05) is 6.07 Å². The first-order valence-electron chi connectivity index (χ1n) is 13.6. The molecule has 3 fully saturated rings. The normalized spacial score (nSPS) is 24.1. The summed E-state index contributed by atoms with van der Waals surface area (Å²) in [6, 6.07) is 2.53. The van der Waals surface area contributed by atoms with Crippen LogP contribution in [-0.2, 0) is 4.74 Å². The summed E-state index contributed by atoms with van der Waals surface area (Å²) in [5.41, 5.74) is 13.5. The van der Waals surface area contributed by atoms with E-state index >= 15 is 0 Å². The van der Waals surface area contributed by atoms with Crippen LogP contribution in [0.15, 0.2) is 28.4 Å². The summed E-state index contributed by atoms with van der Waals surface area (Å²) in [4.78, 5) is 19.3. The van der Waals surface area contributed by atoms with Gasteiger partial charge in [0.05, 0.1) is 23.9 Å². The number of nitrogen functional groups attached to an aromatic ring is 1. The number of anilines is 2. The standard InChI is InChI=1S/C28H38ClN7OS/c1-18(2)35-12-7-20(8-13-35)4-5-21-24(29)22(6-11-32-21)38-27-26(31)34-23(16-33-27)36-14-9-28(10-15-36)17-37-19(3)25(28)30/h6,11,16,18-20,25H,7-10,12-15,17,30H2,1-3H3,(H2,31,34)/t19-,25+/m0/s1. The van der Waals surface area contributed by atoms with Crippen LogP contribution in [0.4, 0.5) is 11.6 Å². The molecule has 0 aromatic carbocycles. The molecule has 10 heteroatoms. The first kappa shape index (κ1) is 27.5. The van der Waals surface area contributed by atoms with Gasteiger partial charge in [0, 0.05) is 47.6 Å². The molecule has 38 heavy (non-hydrogen) atoms. The van der Waals surface area contributed by atoms with E-state index < -0.39 is 0 Å². The Morgan fingerprint density at radius 3 is 2.55 bits per heavy atom. The number of hydrogen-bond donors (Lipinski definition) is 2. The van der Waals surface area contributed by atoms with Crippen LogP contribution in [0.25, 0.3) is 0 Å². The van der Waals surface area contributed by atoms with Crippen LogP contribution in [0.3, 0.4) is 0 Å². The number of likely N-dealkylation sites (tertiary alicyclic amines) is 1. The van der Waals surface area contributed by atoms with Crippen molar-refractivity contribution in [1.82, 2.24) is 19.9 Å². The van der Waals surface area contributed by atoms with Gasteiger partial charge in [-0.2, -0.15) is 0 Å². The zero-order chi connectivity index (χ0) is 26.9. The van der Waals surface area contributed by atoms with Crippen molar-refractivity contribution in [3.8, 4) is 11.8 Å². The maximum Gasteiger partial charge on any atom is 0.158 e. The van der Waals surface area contributed by atoms with E-state index in [-0.39, 0.29) is 17.6 Å². The molecule has 3 saturated heterocycles. The second kappa shape index (κ2) is 11.6. The van der Waals surface area contributed by atoms with E-state index in [2.05, 4.69) is 57.4 Å². The average molecular weight is 556 g/mol. The highest BCUT2D eigenvalue weighted by Crippen LogP contribution is 2.42. The van der Waals surface area contributed by atoms with E-state index in [0.29, 0.717) is 33.5 Å². The van der Waals surface area contributed by atoms with Crippen LogP contribution in [0.5, 0.6) is 0 Å². The van der Waals surface area contributed by atoms with Crippen molar-refractivity contribution in [2.24, 2.45) is 17.1 Å². The molecule has 3 aliphatic rings. The highest BCUT2D eigenvalue weighted by Gasteiger charge is 2.47. The molecule has 2 aromatic rings. The van der Waals surface area contributed by atoms with Gasteiger partial charge >= 0.3 is 0 Å². The van der Waals surface area contributed by atoms with Crippen molar-refractivity contribution >= 4 is 35.0 Å². The summed E-state index contributed by atoms with van der Waals surface area (Å²) in [7, 11) is 0. The Morgan fingerprint density at radius 1 is 1.18 bits per heavy atom. The van der Waals surface area contributed by atoms with Gasteiger partial charge in [0.2, 0.25) is 0 Å². The number of hydrogen-bond acceptors (Lipinski definition) is 9. The summed E-state index contributed by atoms with van der Waals surface area (Å²) in [6.45, 7) is 11.2. The van der Waals surface area contributed by atoms with Crippen LogP contribution >= 0.6 is 23.4 Å². The largest absolute Gasteiger partial charge is 0.381 e. The number of nitrogens with two attached hydrogens (primary N) is 2. The lowest BCUT2D eigenvalue weighted by Crippen LogP contribution is -2.50. The number of aromatic nitrogens is 3. The fraction of sp³-hybridized carbons (Fsp3) is 0.607. The fourth-order valence-corrected chi connectivity index (χ4v) is 6.75. The smallest absolute Gasteiger partial charge is 0.158 e. The highest BCUT2D eigenvalue weighted by molar-refractivity contribution is 7.99. The summed E-state index contributed by atoms with van der Waals surface area (Å²) in [5.74, 6) is 8.18. The van der Waals surface area contributed by atoms with Gasteiger partial charge in [-0.05, 0) is 71.5 Å². The molecule has 5 heterocycles. The predicted octanol–water partition coefficient (Wildman–Crippen LogP) is 4.06. The van der Waals surface area contributed by atoms with Gasteiger partial charge in [-0.15, -0.1) is 0 Å². The van der Waals surface area contributed by atoms with Crippen LogP contribution < -0.4 is 16.4 Å². The van der Waals surface area contributed by atoms with Crippen LogP contribution in [0, 0.1) is 23.2 Å². The maximum absolute atomic E-state index is 6.72. The lowest BCUT2D eigenvalue weighted by Gasteiger charge is -2.41. The van der Waals surface area contributed by atoms with Gasteiger partial charge < -0.3 is 26.0 Å². The SMILES string of the molecule is CC(C)N1CCC(C#Cc2nccc(Sc3ncc(N4CCC5(CC4)CO[C@@H](C)[C@H]5N)nc3N)c2Cl)CC1. The predicted molar refractivity (Wildman–Crippen MR) is 153 cm³/mol. The summed E-state index contributed by atoms with van der Waals surface area (Å²) >= 11 is 8.11. The minimum Gasteiger partial charge on any atom is -0.381 e. The molecule has 5 rings (SSSR count). The molecule has 0 aliphatic carbocycles. The first-order valence-corrected chi connectivity index (χ1v) is 14.8. The third kappa shape index (κ3) is 5.75. The third-order valence-electron chi connectivity index (χ3n) is 8.40. The van der Waals surface area contributed by atoms with Crippen molar-refractivity contribution < 1.29 is 4.74 Å². The minimum atomic E-state index is 0.0643. The lowest BCUT2D eigenvalue weighted by atomic mass is 9.73. The number of piperidine rings is 2. The molecule has 1 spiro atoms. The molecule has 0 bridgehead atoms. The molecule has 2 atom stereocenters. The second-order valence-electron chi connectivity index (χ2n) is 11.1. The van der Waals surface area contributed by atoms with Crippen molar-refractivity contribution in [3.63, 3.8) is 0 Å². The van der Waals surface area contributed by atoms with Crippen molar-refractivity contribution in [3.05, 3.63) is 29.2 Å². The maximum atomic E-state index is 6.72. The zero-order valence-corrected chi connectivity index (χ0v) is 24.1. The fourth-order valence-electron chi connectivity index (χ4n) is 5.69. The van der Waals surface area contributed by atoms with Crippen molar-refractivity contribution in [2.75, 3.05) is 43.4 Å². The van der Waals surface area contributed by atoms with Crippen LogP contribution in [-0.4, -0.2) is 70.8 Å². The van der Waals surface area contributed by atoms with Gasteiger partial charge in [-0.25, -0.2) is 15.0 Å². The molecule has 4 N–H and O–H groups in total.